The number of carboxylic acid groups (broad SMARTS) is 1. The molecule has 8 heteroatoms. The first kappa shape index (κ1) is 12.5. The topological polar surface area (TPSA) is 96.2 Å². The molecule has 0 saturated carbocycles. The van der Waals surface area contributed by atoms with E-state index in [1.165, 1.54) is 0 Å². The molecule has 0 radical (unpaired) electrons. The van der Waals surface area contributed by atoms with Crippen LogP contribution in [0.25, 0.3) is 0 Å². The first-order chi connectivity index (χ1) is 8.30. The third-order valence-electron chi connectivity index (χ3n) is 2.32. The maximum Gasteiger partial charge on any atom is 0.586 e. The van der Waals surface area contributed by atoms with Crippen LogP contribution in [-0.4, -0.2) is 33.7 Å². The molecule has 0 amide bonds. The van der Waals surface area contributed by atoms with Gasteiger partial charge in [0.05, 0.1) is 0 Å². The molecule has 0 aliphatic carbocycles. The van der Waals surface area contributed by atoms with Gasteiger partial charge in [0.15, 0.2) is 17.6 Å². The molecule has 0 saturated heterocycles. The fourth-order valence-electron chi connectivity index (χ4n) is 1.47. The molecule has 1 heterocycles. The number of carbonyl (C=O) groups is 1. The van der Waals surface area contributed by atoms with Gasteiger partial charge in [-0.3, -0.25) is 0 Å². The molecule has 6 nitrogen and oxygen atoms in total. The number of benzene rings is 1. The maximum absolute atomic E-state index is 12.7. The molecule has 0 bridgehead atoms. The van der Waals surface area contributed by atoms with Crippen molar-refractivity contribution in [1.82, 2.24) is 0 Å². The minimum atomic E-state index is -3.79. The van der Waals surface area contributed by atoms with Gasteiger partial charge in [-0.15, -0.1) is 8.78 Å². The highest BCUT2D eigenvalue weighted by Gasteiger charge is 2.43. The van der Waals surface area contributed by atoms with Crippen LogP contribution in [0.3, 0.4) is 0 Å². The first-order valence-electron chi connectivity index (χ1n) is 4.79. The Balaban J connectivity index is 2.26. The van der Waals surface area contributed by atoms with Crippen molar-refractivity contribution in [2.24, 2.45) is 0 Å². The monoisotopic (exact) mass is 262 g/mol. The first-order valence-corrected chi connectivity index (χ1v) is 4.79. The van der Waals surface area contributed by atoms with E-state index in [0.717, 1.165) is 18.2 Å². The summed E-state index contributed by atoms with van der Waals surface area (Å²) in [6.45, 7) is 0. The summed E-state index contributed by atoms with van der Waals surface area (Å²) in [5, 5.41) is 27.1. The lowest BCUT2D eigenvalue weighted by Crippen LogP contribution is -2.27. The minimum Gasteiger partial charge on any atom is -0.479 e. The summed E-state index contributed by atoms with van der Waals surface area (Å²) in [6.07, 6.45) is -7.62. The van der Waals surface area contributed by atoms with Gasteiger partial charge in [0.25, 0.3) is 0 Å². The van der Waals surface area contributed by atoms with E-state index in [-0.39, 0.29) is 17.1 Å². The average Bonchev–Trinajstić information content (AvgIpc) is 2.59. The summed E-state index contributed by atoms with van der Waals surface area (Å²) in [6, 6.07) is 3.22. The lowest BCUT2D eigenvalue weighted by Gasteiger charge is -2.14. The van der Waals surface area contributed by atoms with Crippen LogP contribution in [0.5, 0.6) is 11.5 Å². The zero-order valence-electron chi connectivity index (χ0n) is 8.71. The van der Waals surface area contributed by atoms with Crippen molar-refractivity contribution in [2.75, 3.05) is 0 Å². The molecule has 3 N–H and O–H groups in total. The number of carboxylic acids is 1. The fourth-order valence-corrected chi connectivity index (χ4v) is 1.47. The standard InChI is InChI=1S/C10H8F2O6/c11-10(12)17-5-2-1-4(3-6(5)18-10)7(13)8(14)9(15)16/h1-3,7-8,13-14H,(H,15,16). The molecule has 1 aliphatic heterocycles. The van der Waals surface area contributed by atoms with Crippen LogP contribution in [0.4, 0.5) is 8.78 Å². The van der Waals surface area contributed by atoms with E-state index in [1.54, 1.807) is 0 Å². The van der Waals surface area contributed by atoms with Crippen LogP contribution in [0.1, 0.15) is 11.7 Å². The molecule has 0 fully saturated rings. The van der Waals surface area contributed by atoms with Gasteiger partial charge in [-0.2, -0.15) is 0 Å². The van der Waals surface area contributed by atoms with Gasteiger partial charge in [-0.1, -0.05) is 6.07 Å². The Hall–Kier alpha value is -1.93. The number of hydrogen-bond acceptors (Lipinski definition) is 5. The molecule has 0 spiro atoms. The number of fused-ring (bicyclic) bond motifs is 1. The quantitative estimate of drug-likeness (QED) is 0.733. The summed E-state index contributed by atoms with van der Waals surface area (Å²) in [5.74, 6) is -2.21. The van der Waals surface area contributed by atoms with Crippen molar-refractivity contribution in [3.63, 3.8) is 0 Å². The van der Waals surface area contributed by atoms with Crippen LogP contribution in [-0.2, 0) is 4.79 Å². The molecule has 18 heavy (non-hydrogen) atoms. The van der Waals surface area contributed by atoms with E-state index in [9.17, 15) is 18.7 Å². The Kier molecular flexibility index (Phi) is 2.83. The van der Waals surface area contributed by atoms with Gasteiger partial charge < -0.3 is 24.8 Å². The van der Waals surface area contributed by atoms with E-state index in [0.29, 0.717) is 0 Å². The SMILES string of the molecule is O=C(O)C(O)C(O)c1ccc2c(c1)OC(F)(F)O2. The number of halogens is 2. The Morgan fingerprint density at radius 3 is 2.44 bits per heavy atom. The summed E-state index contributed by atoms with van der Waals surface area (Å²) in [7, 11) is 0. The normalized spacial score (nSPS) is 19.3. The molecule has 2 rings (SSSR count). The molecular weight excluding hydrogens is 254 g/mol. The molecule has 1 aromatic carbocycles. The van der Waals surface area contributed by atoms with Crippen LogP contribution >= 0.6 is 0 Å². The summed E-state index contributed by atoms with van der Waals surface area (Å²) in [5.41, 5.74) is -0.0787. The summed E-state index contributed by atoms with van der Waals surface area (Å²) in [4.78, 5) is 10.5. The second kappa shape index (κ2) is 4.07. The van der Waals surface area contributed by atoms with Crippen molar-refractivity contribution < 1.29 is 38.4 Å². The molecule has 1 aliphatic rings. The highest BCUT2D eigenvalue weighted by atomic mass is 19.3. The number of aliphatic hydroxyl groups is 2. The number of aliphatic carboxylic acids is 1. The zero-order valence-corrected chi connectivity index (χ0v) is 8.71. The molecule has 0 aromatic heterocycles. The third kappa shape index (κ3) is 2.20. The Bertz CT molecular complexity index is 489. The highest BCUT2D eigenvalue weighted by Crippen LogP contribution is 2.42. The number of ether oxygens (including phenoxy) is 2. The van der Waals surface area contributed by atoms with Gasteiger partial charge in [0.2, 0.25) is 0 Å². The van der Waals surface area contributed by atoms with Crippen LogP contribution in [0.15, 0.2) is 18.2 Å². The second-order valence-electron chi connectivity index (χ2n) is 3.60. The van der Waals surface area contributed by atoms with Crippen molar-refractivity contribution in [3.8, 4) is 11.5 Å². The van der Waals surface area contributed by atoms with Gasteiger partial charge in [0.1, 0.15) is 6.10 Å². The number of aliphatic hydroxyl groups excluding tert-OH is 2. The summed E-state index contributed by atoms with van der Waals surface area (Å²) < 4.78 is 33.7. The van der Waals surface area contributed by atoms with Crippen LogP contribution in [0, 0.1) is 0 Å². The van der Waals surface area contributed by atoms with Crippen molar-refractivity contribution in [3.05, 3.63) is 23.8 Å². The van der Waals surface area contributed by atoms with Crippen molar-refractivity contribution >= 4 is 5.97 Å². The molecule has 98 valence electrons. The second-order valence-corrected chi connectivity index (χ2v) is 3.60. The van der Waals surface area contributed by atoms with Gasteiger partial charge in [-0.05, 0) is 17.7 Å². The van der Waals surface area contributed by atoms with Crippen LogP contribution in [0.2, 0.25) is 0 Å². The van der Waals surface area contributed by atoms with E-state index in [2.05, 4.69) is 9.47 Å². The maximum atomic E-state index is 12.7. The van der Waals surface area contributed by atoms with Gasteiger partial charge >= 0.3 is 12.3 Å². The molecule has 2 atom stereocenters. The lowest BCUT2D eigenvalue weighted by atomic mass is 10.0. The zero-order chi connectivity index (χ0) is 13.5. The minimum absolute atomic E-state index is 0.0787. The van der Waals surface area contributed by atoms with Gasteiger partial charge in [-0.25, -0.2) is 4.79 Å². The molecule has 2 unspecified atom stereocenters. The van der Waals surface area contributed by atoms with Crippen molar-refractivity contribution in [1.29, 1.82) is 0 Å². The number of rotatable bonds is 3. The predicted octanol–water partition coefficient (Wildman–Crippen LogP) is 0.487. The third-order valence-corrected chi connectivity index (χ3v) is 2.32. The largest absolute Gasteiger partial charge is 0.586 e. The van der Waals surface area contributed by atoms with Crippen molar-refractivity contribution in [2.45, 2.75) is 18.5 Å². The van der Waals surface area contributed by atoms with E-state index in [4.69, 9.17) is 10.2 Å². The van der Waals surface area contributed by atoms with E-state index >= 15 is 0 Å². The highest BCUT2D eigenvalue weighted by molar-refractivity contribution is 5.73. The molecular formula is C10H8F2O6. The summed E-state index contributed by atoms with van der Waals surface area (Å²) >= 11 is 0. The van der Waals surface area contributed by atoms with E-state index in [1.807, 2.05) is 0 Å². The van der Waals surface area contributed by atoms with E-state index < -0.39 is 24.5 Å². The average molecular weight is 262 g/mol. The smallest absolute Gasteiger partial charge is 0.479 e. The Morgan fingerprint density at radius 2 is 1.83 bits per heavy atom. The van der Waals surface area contributed by atoms with Gasteiger partial charge in [0, 0.05) is 0 Å². The number of hydrogen-bond donors (Lipinski definition) is 3. The number of alkyl halides is 2. The fraction of sp³-hybridized carbons (Fsp3) is 0.300. The predicted molar refractivity (Wildman–Crippen MR) is 51.2 cm³/mol. The Labute approximate surface area is 99.0 Å². The molecule has 1 aromatic rings. The van der Waals surface area contributed by atoms with Crippen LogP contribution < -0.4 is 9.47 Å². The Morgan fingerprint density at radius 1 is 1.22 bits per heavy atom. The lowest BCUT2D eigenvalue weighted by molar-refractivity contribution is -0.286.